The molecule has 4 heteroatoms. The van der Waals surface area contributed by atoms with Crippen LogP contribution >= 0.6 is 0 Å². The van der Waals surface area contributed by atoms with Gasteiger partial charge in [-0.05, 0) is 58.4 Å². The molecule has 2 aliphatic rings. The Morgan fingerprint density at radius 2 is 1.05 bits per heavy atom. The van der Waals surface area contributed by atoms with Gasteiger partial charge in [-0.2, -0.15) is 5.26 Å². The summed E-state index contributed by atoms with van der Waals surface area (Å²) in [6.07, 6.45) is 5.67. The van der Waals surface area contributed by atoms with Crippen molar-refractivity contribution >= 4 is 0 Å². The molecule has 8 rings (SSSR count). The highest BCUT2D eigenvalue weighted by Crippen LogP contribution is 2.57. The first-order valence-electron chi connectivity index (χ1n) is 15.4. The molecule has 210 valence electrons. The molecule has 1 spiro atoms. The third-order valence-corrected chi connectivity index (χ3v) is 9.37. The Balaban J connectivity index is 1.27. The van der Waals surface area contributed by atoms with Crippen molar-refractivity contribution in [2.45, 2.75) is 37.5 Å². The molecule has 0 amide bonds. The number of aromatic nitrogens is 3. The number of nitriles is 1. The van der Waals surface area contributed by atoms with E-state index in [0.29, 0.717) is 17.5 Å². The van der Waals surface area contributed by atoms with Gasteiger partial charge in [0.1, 0.15) is 0 Å². The minimum Gasteiger partial charge on any atom is -0.208 e. The summed E-state index contributed by atoms with van der Waals surface area (Å²) < 4.78 is 0. The smallest absolute Gasteiger partial charge is 0.164 e. The molecule has 0 saturated heterocycles. The zero-order valence-corrected chi connectivity index (χ0v) is 24.4. The van der Waals surface area contributed by atoms with Crippen LogP contribution in [-0.4, -0.2) is 15.0 Å². The quantitative estimate of drug-likeness (QED) is 0.213. The van der Waals surface area contributed by atoms with Crippen molar-refractivity contribution < 1.29 is 0 Å². The van der Waals surface area contributed by atoms with Gasteiger partial charge in [-0.1, -0.05) is 128 Å². The Morgan fingerprint density at radius 1 is 0.500 bits per heavy atom. The summed E-state index contributed by atoms with van der Waals surface area (Å²) in [6, 6.07) is 44.3. The van der Waals surface area contributed by atoms with Crippen molar-refractivity contribution in [1.82, 2.24) is 15.0 Å². The van der Waals surface area contributed by atoms with Gasteiger partial charge in [0.25, 0.3) is 0 Å². The van der Waals surface area contributed by atoms with Crippen LogP contribution in [0.4, 0.5) is 0 Å². The molecular weight excluding hydrogens is 536 g/mol. The van der Waals surface area contributed by atoms with E-state index in [9.17, 15) is 5.26 Å². The van der Waals surface area contributed by atoms with Crippen LogP contribution in [-0.2, 0) is 5.41 Å². The molecule has 0 radical (unpaired) electrons. The van der Waals surface area contributed by atoms with Crippen LogP contribution in [0.15, 0.2) is 121 Å². The van der Waals surface area contributed by atoms with Gasteiger partial charge in [0.2, 0.25) is 0 Å². The van der Waals surface area contributed by atoms with Crippen LogP contribution in [0.1, 0.15) is 48.8 Å². The summed E-state index contributed by atoms with van der Waals surface area (Å²) in [4.78, 5) is 15.1. The van der Waals surface area contributed by atoms with Crippen LogP contribution in [0.2, 0.25) is 0 Å². The van der Waals surface area contributed by atoms with E-state index < -0.39 is 0 Å². The number of fused-ring (bicyclic) bond motifs is 5. The minimum absolute atomic E-state index is 0.142. The largest absolute Gasteiger partial charge is 0.208 e. The zero-order valence-electron chi connectivity index (χ0n) is 24.4. The molecule has 0 aliphatic heterocycles. The van der Waals surface area contributed by atoms with Gasteiger partial charge in [-0.15, -0.1) is 0 Å². The molecule has 0 bridgehead atoms. The second-order valence-electron chi connectivity index (χ2n) is 11.9. The minimum atomic E-state index is -0.142. The van der Waals surface area contributed by atoms with Crippen molar-refractivity contribution in [2.24, 2.45) is 0 Å². The molecule has 1 saturated carbocycles. The monoisotopic (exact) mass is 566 g/mol. The van der Waals surface area contributed by atoms with E-state index in [1.165, 1.54) is 34.2 Å². The lowest BCUT2D eigenvalue weighted by molar-refractivity contribution is 0.352. The van der Waals surface area contributed by atoms with E-state index in [1.807, 2.05) is 48.5 Å². The van der Waals surface area contributed by atoms with E-state index >= 15 is 0 Å². The average molecular weight is 567 g/mol. The maximum atomic E-state index is 10.1. The highest BCUT2D eigenvalue weighted by atomic mass is 15.0. The van der Waals surface area contributed by atoms with Crippen LogP contribution in [0, 0.1) is 11.3 Å². The molecule has 5 aromatic carbocycles. The van der Waals surface area contributed by atoms with Gasteiger partial charge in [0.05, 0.1) is 11.6 Å². The molecule has 1 heterocycles. The first-order valence-corrected chi connectivity index (χ1v) is 15.4. The normalized spacial score (nSPS) is 14.5. The molecule has 2 aliphatic carbocycles. The topological polar surface area (TPSA) is 62.5 Å². The molecule has 1 fully saturated rings. The van der Waals surface area contributed by atoms with E-state index in [0.717, 1.165) is 53.5 Å². The Bertz CT molecular complexity index is 2030. The Kier molecular flexibility index (Phi) is 6.38. The molecule has 1 aromatic heterocycles. The van der Waals surface area contributed by atoms with Crippen LogP contribution < -0.4 is 0 Å². The van der Waals surface area contributed by atoms with E-state index in [1.54, 1.807) is 0 Å². The van der Waals surface area contributed by atoms with E-state index in [-0.39, 0.29) is 5.41 Å². The summed E-state index contributed by atoms with van der Waals surface area (Å²) in [6.45, 7) is 0. The van der Waals surface area contributed by atoms with Gasteiger partial charge in [0.15, 0.2) is 17.5 Å². The lowest BCUT2D eigenvalue weighted by Gasteiger charge is -2.36. The molecule has 0 N–H and O–H groups in total. The van der Waals surface area contributed by atoms with Crippen LogP contribution in [0.3, 0.4) is 0 Å². The number of benzene rings is 5. The van der Waals surface area contributed by atoms with Crippen LogP contribution in [0.5, 0.6) is 0 Å². The zero-order chi connectivity index (χ0) is 29.5. The fourth-order valence-electron chi connectivity index (χ4n) is 7.30. The SMILES string of the molecule is N#Cc1cccc2c1C1(CCCCC1)c1cc(-c3nc(-c4ccccc4)nc(-c4ccc(-c5ccccc5)cc4)n3)ccc1-2. The summed E-state index contributed by atoms with van der Waals surface area (Å²) >= 11 is 0. The number of hydrogen-bond acceptors (Lipinski definition) is 4. The van der Waals surface area contributed by atoms with E-state index in [2.05, 4.69) is 78.9 Å². The lowest BCUT2D eigenvalue weighted by Crippen LogP contribution is -2.29. The van der Waals surface area contributed by atoms with Gasteiger partial charge >= 0.3 is 0 Å². The van der Waals surface area contributed by atoms with Gasteiger partial charge in [-0.3, -0.25) is 0 Å². The third kappa shape index (κ3) is 4.32. The van der Waals surface area contributed by atoms with Crippen molar-refractivity contribution in [2.75, 3.05) is 0 Å². The lowest BCUT2D eigenvalue weighted by atomic mass is 9.66. The molecule has 44 heavy (non-hydrogen) atoms. The fraction of sp³-hybridized carbons (Fsp3) is 0.150. The maximum absolute atomic E-state index is 10.1. The summed E-state index contributed by atoms with van der Waals surface area (Å²) in [5, 5.41) is 10.1. The second kappa shape index (κ2) is 10.7. The van der Waals surface area contributed by atoms with E-state index in [4.69, 9.17) is 15.0 Å². The van der Waals surface area contributed by atoms with Crippen molar-refractivity contribution in [3.63, 3.8) is 0 Å². The third-order valence-electron chi connectivity index (χ3n) is 9.37. The molecule has 0 unspecified atom stereocenters. The Hall–Kier alpha value is -5.40. The Labute approximate surface area is 257 Å². The van der Waals surface area contributed by atoms with Gasteiger partial charge < -0.3 is 0 Å². The average Bonchev–Trinajstić information content (AvgIpc) is 3.37. The maximum Gasteiger partial charge on any atom is 0.164 e. The predicted octanol–water partition coefficient (Wildman–Crippen LogP) is 9.64. The second-order valence-corrected chi connectivity index (χ2v) is 11.9. The molecule has 0 atom stereocenters. The summed E-state index contributed by atoms with van der Waals surface area (Å²) in [7, 11) is 0. The standard InChI is InChI=1S/C40H30N4/c41-26-32-15-10-16-34-33-22-21-31(25-35(33)40(36(32)34)23-8-3-9-24-40)39-43-37(29-13-6-2-7-14-29)42-38(44-39)30-19-17-28(18-20-30)27-11-4-1-5-12-27/h1-2,4-7,10-22,25H,3,8-9,23-24H2. The first kappa shape index (κ1) is 26.2. The highest BCUT2D eigenvalue weighted by Gasteiger charge is 2.45. The van der Waals surface area contributed by atoms with Gasteiger partial charge in [0, 0.05) is 22.1 Å². The molecule has 4 nitrogen and oxygen atoms in total. The Morgan fingerprint density at radius 3 is 1.70 bits per heavy atom. The van der Waals surface area contributed by atoms with Crippen molar-refractivity contribution in [1.29, 1.82) is 5.26 Å². The van der Waals surface area contributed by atoms with Crippen LogP contribution in [0.25, 0.3) is 56.4 Å². The number of nitrogens with zero attached hydrogens (tertiary/aromatic N) is 4. The summed E-state index contributed by atoms with van der Waals surface area (Å²) in [5.74, 6) is 1.96. The summed E-state index contributed by atoms with van der Waals surface area (Å²) in [5.41, 5.74) is 10.8. The molecule has 6 aromatic rings. The van der Waals surface area contributed by atoms with Crippen molar-refractivity contribution in [3.8, 4) is 62.5 Å². The van der Waals surface area contributed by atoms with Crippen molar-refractivity contribution in [3.05, 3.63) is 138 Å². The molecular formula is C40H30N4. The highest BCUT2D eigenvalue weighted by molar-refractivity contribution is 5.85. The van der Waals surface area contributed by atoms with Gasteiger partial charge in [-0.25, -0.2) is 15.0 Å². The number of rotatable bonds is 4. The fourth-order valence-corrected chi connectivity index (χ4v) is 7.30. The first-order chi connectivity index (χ1) is 21.7. The predicted molar refractivity (Wildman–Crippen MR) is 176 cm³/mol. The number of hydrogen-bond donors (Lipinski definition) is 0.